The lowest BCUT2D eigenvalue weighted by Gasteiger charge is -2.20. The molecule has 0 fully saturated rings. The number of aliphatic hydroxyl groups is 1. The number of primary amides is 1. The first-order valence-corrected chi connectivity index (χ1v) is 7.39. The third-order valence-electron chi connectivity index (χ3n) is 3.57. The minimum Gasteiger partial charge on any atom is -0.391 e. The number of carbonyl (C=O) groups excluding carboxylic acids is 1. The van der Waals surface area contributed by atoms with Gasteiger partial charge in [0.15, 0.2) is 5.82 Å². The Labute approximate surface area is 134 Å². The van der Waals surface area contributed by atoms with E-state index in [2.05, 4.69) is 27.2 Å². The first kappa shape index (κ1) is 16.8. The minimum atomic E-state index is -1.01. The Kier molecular flexibility index (Phi) is 5.53. The van der Waals surface area contributed by atoms with E-state index in [9.17, 15) is 9.90 Å². The number of nitrogens with zero attached hydrogens (tertiary/aromatic N) is 3. The van der Waals surface area contributed by atoms with Crippen molar-refractivity contribution in [3.05, 3.63) is 35.9 Å². The molecule has 23 heavy (non-hydrogen) atoms. The highest BCUT2D eigenvalue weighted by Gasteiger charge is 2.23. The fraction of sp³-hybridized carbons (Fsp3) is 0.400. The Morgan fingerprint density at radius 2 is 2.09 bits per heavy atom. The minimum absolute atomic E-state index is 0.0643. The molecular weight excluding hydrogens is 298 g/mol. The summed E-state index contributed by atoms with van der Waals surface area (Å²) in [4.78, 5) is 10.8. The van der Waals surface area contributed by atoms with Gasteiger partial charge in [-0.25, -0.2) is 9.48 Å². The summed E-state index contributed by atoms with van der Waals surface area (Å²) in [6.07, 6.45) is 0.669. The number of ether oxygens (including phenoxy) is 1. The lowest BCUT2D eigenvalue weighted by Crippen LogP contribution is -2.24. The molecule has 2 unspecified atom stereocenters. The molecule has 124 valence electrons. The van der Waals surface area contributed by atoms with Crippen LogP contribution in [0.3, 0.4) is 0 Å². The van der Waals surface area contributed by atoms with Gasteiger partial charge in [0.25, 0.3) is 5.88 Å². The van der Waals surface area contributed by atoms with Crippen LogP contribution in [-0.4, -0.2) is 32.3 Å². The lowest BCUT2D eigenvalue weighted by atomic mass is 10.0. The van der Waals surface area contributed by atoms with Crippen molar-refractivity contribution < 1.29 is 14.6 Å². The number of amides is 1. The second-order valence-electron chi connectivity index (χ2n) is 5.33. The van der Waals surface area contributed by atoms with Gasteiger partial charge in [0.1, 0.15) is 0 Å². The van der Waals surface area contributed by atoms with Gasteiger partial charge in [-0.3, -0.25) is 0 Å². The maximum atomic E-state index is 10.8. The van der Waals surface area contributed by atoms with E-state index in [0.717, 1.165) is 12.8 Å². The molecule has 0 saturated carbocycles. The molecule has 5 N–H and O–H groups in total. The Morgan fingerprint density at radius 1 is 1.39 bits per heavy atom. The standard InChI is InChI=1S/C15H21N5O3/c1-10(21)12(9-5-8-11-6-3-2-4-7-11)20-13(16)14(18-19-20)23-15(17)22/h2-4,6-7,10,12,21H,5,8-9,16H2,1H3,(H2,17,22). The molecule has 0 aliphatic rings. The number of benzene rings is 1. The number of aliphatic hydroxyl groups excluding tert-OH is 1. The van der Waals surface area contributed by atoms with Gasteiger partial charge in [-0.15, -0.1) is 0 Å². The maximum absolute atomic E-state index is 10.8. The van der Waals surface area contributed by atoms with Crippen LogP contribution >= 0.6 is 0 Å². The Bertz CT molecular complexity index is 642. The van der Waals surface area contributed by atoms with Crippen molar-refractivity contribution in [1.82, 2.24) is 15.0 Å². The van der Waals surface area contributed by atoms with Crippen LogP contribution in [0.2, 0.25) is 0 Å². The average Bonchev–Trinajstić information content (AvgIpc) is 2.85. The molecule has 2 atom stereocenters. The number of aromatic nitrogens is 3. The fourth-order valence-electron chi connectivity index (χ4n) is 2.43. The molecule has 2 aromatic rings. The average molecular weight is 319 g/mol. The zero-order valence-corrected chi connectivity index (χ0v) is 12.9. The van der Waals surface area contributed by atoms with Crippen molar-refractivity contribution in [3.8, 4) is 5.88 Å². The van der Waals surface area contributed by atoms with Crippen molar-refractivity contribution in [1.29, 1.82) is 0 Å². The number of nitrogen functional groups attached to an aromatic ring is 1. The summed E-state index contributed by atoms with van der Waals surface area (Å²) in [5, 5.41) is 17.5. The molecule has 1 aromatic carbocycles. The number of rotatable bonds is 7. The van der Waals surface area contributed by atoms with Crippen molar-refractivity contribution in [2.75, 3.05) is 5.73 Å². The summed E-state index contributed by atoms with van der Waals surface area (Å²) in [5.41, 5.74) is 12.0. The highest BCUT2D eigenvalue weighted by Crippen LogP contribution is 2.26. The quantitative estimate of drug-likeness (QED) is 0.704. The van der Waals surface area contributed by atoms with E-state index < -0.39 is 12.2 Å². The Morgan fingerprint density at radius 3 is 2.70 bits per heavy atom. The monoisotopic (exact) mass is 319 g/mol. The number of hydrogen-bond donors (Lipinski definition) is 3. The van der Waals surface area contributed by atoms with E-state index >= 15 is 0 Å². The number of hydrogen-bond acceptors (Lipinski definition) is 6. The third kappa shape index (κ3) is 4.43. The smallest absolute Gasteiger partial charge is 0.391 e. The molecular formula is C15H21N5O3. The second-order valence-corrected chi connectivity index (χ2v) is 5.33. The highest BCUT2D eigenvalue weighted by molar-refractivity contribution is 5.69. The molecule has 0 spiro atoms. The van der Waals surface area contributed by atoms with Crippen molar-refractivity contribution >= 4 is 11.9 Å². The number of aryl methyl sites for hydroxylation is 1. The summed E-state index contributed by atoms with van der Waals surface area (Å²) in [7, 11) is 0. The molecule has 0 aliphatic heterocycles. The Hall–Kier alpha value is -2.61. The van der Waals surface area contributed by atoms with Gasteiger partial charge in [0.2, 0.25) is 0 Å². The molecule has 0 bridgehead atoms. The Balaban J connectivity index is 2.04. The SMILES string of the molecule is CC(O)C(CCCc1ccccc1)n1nnc(OC(N)=O)c1N. The predicted molar refractivity (Wildman–Crippen MR) is 84.7 cm³/mol. The molecule has 0 radical (unpaired) electrons. The first-order valence-electron chi connectivity index (χ1n) is 7.39. The zero-order valence-electron chi connectivity index (χ0n) is 12.9. The summed E-state index contributed by atoms with van der Waals surface area (Å²) >= 11 is 0. The zero-order chi connectivity index (χ0) is 16.8. The van der Waals surface area contributed by atoms with Gasteiger partial charge in [-0.05, 0) is 31.7 Å². The van der Waals surface area contributed by atoms with E-state index in [1.807, 2.05) is 18.2 Å². The molecule has 1 amide bonds. The normalized spacial score (nSPS) is 13.5. The number of anilines is 1. The molecule has 2 rings (SSSR count). The molecule has 8 nitrogen and oxygen atoms in total. The maximum Gasteiger partial charge on any atom is 0.411 e. The van der Waals surface area contributed by atoms with Crippen LogP contribution in [0.5, 0.6) is 5.88 Å². The van der Waals surface area contributed by atoms with Gasteiger partial charge in [-0.2, -0.15) is 0 Å². The summed E-state index contributed by atoms with van der Waals surface area (Å²) < 4.78 is 6.04. The van der Waals surface area contributed by atoms with Gasteiger partial charge < -0.3 is 21.3 Å². The van der Waals surface area contributed by atoms with Crippen LogP contribution < -0.4 is 16.2 Å². The molecule has 0 saturated heterocycles. The van der Waals surface area contributed by atoms with Gasteiger partial charge in [0, 0.05) is 0 Å². The topological polar surface area (TPSA) is 129 Å². The van der Waals surface area contributed by atoms with Gasteiger partial charge in [-0.1, -0.05) is 40.6 Å². The van der Waals surface area contributed by atoms with Crippen LogP contribution in [0.4, 0.5) is 10.6 Å². The molecule has 1 heterocycles. The van der Waals surface area contributed by atoms with E-state index in [0.29, 0.717) is 6.42 Å². The van der Waals surface area contributed by atoms with E-state index in [1.54, 1.807) is 6.92 Å². The second kappa shape index (κ2) is 7.59. The predicted octanol–water partition coefficient (Wildman–Crippen LogP) is 1.26. The summed E-state index contributed by atoms with van der Waals surface area (Å²) in [6, 6.07) is 9.70. The van der Waals surface area contributed by atoms with Crippen molar-refractivity contribution in [3.63, 3.8) is 0 Å². The van der Waals surface area contributed by atoms with Crippen LogP contribution in [0.15, 0.2) is 30.3 Å². The van der Waals surface area contributed by atoms with Crippen LogP contribution in [0.1, 0.15) is 31.4 Å². The number of nitrogens with two attached hydrogens (primary N) is 2. The van der Waals surface area contributed by atoms with E-state index in [4.69, 9.17) is 11.5 Å². The summed E-state index contributed by atoms with van der Waals surface area (Å²) in [5.74, 6) is -0.0828. The molecule has 8 heteroatoms. The van der Waals surface area contributed by atoms with Gasteiger partial charge >= 0.3 is 6.09 Å². The first-order chi connectivity index (χ1) is 11.0. The summed E-state index contributed by atoms with van der Waals surface area (Å²) in [6.45, 7) is 1.66. The van der Waals surface area contributed by atoms with Crippen LogP contribution in [0, 0.1) is 0 Å². The fourth-order valence-corrected chi connectivity index (χ4v) is 2.43. The van der Waals surface area contributed by atoms with Crippen molar-refractivity contribution in [2.24, 2.45) is 5.73 Å². The molecule has 1 aromatic heterocycles. The highest BCUT2D eigenvalue weighted by atomic mass is 16.6. The van der Waals surface area contributed by atoms with E-state index in [-0.39, 0.29) is 17.7 Å². The third-order valence-corrected chi connectivity index (χ3v) is 3.57. The van der Waals surface area contributed by atoms with Gasteiger partial charge in [0.05, 0.1) is 12.1 Å². The van der Waals surface area contributed by atoms with Crippen molar-refractivity contribution in [2.45, 2.75) is 38.3 Å². The largest absolute Gasteiger partial charge is 0.411 e. The van der Waals surface area contributed by atoms with Crippen LogP contribution in [-0.2, 0) is 6.42 Å². The molecule has 0 aliphatic carbocycles. The number of carbonyl (C=O) groups is 1. The van der Waals surface area contributed by atoms with E-state index in [1.165, 1.54) is 10.2 Å². The lowest BCUT2D eigenvalue weighted by molar-refractivity contribution is 0.116. The van der Waals surface area contributed by atoms with Crippen LogP contribution in [0.25, 0.3) is 0 Å².